The van der Waals surface area contributed by atoms with E-state index in [2.05, 4.69) is 31.2 Å². The Bertz CT molecular complexity index is 860. The summed E-state index contributed by atoms with van der Waals surface area (Å²) in [6.07, 6.45) is 3.63. The van der Waals surface area contributed by atoms with Gasteiger partial charge in [0.05, 0.1) is 9.37 Å². The molecule has 1 unspecified atom stereocenters. The molecule has 8 nitrogen and oxygen atoms in total. The number of sulfonamides is 1. The van der Waals surface area contributed by atoms with Crippen molar-refractivity contribution in [2.75, 3.05) is 23.9 Å². The molecule has 1 fully saturated rings. The molecule has 1 aromatic heterocycles. The maximum absolute atomic E-state index is 11.3. The first-order valence-corrected chi connectivity index (χ1v) is 9.95. The summed E-state index contributed by atoms with van der Waals surface area (Å²) in [7, 11) is -1.79. The molecule has 0 aliphatic carbocycles. The van der Waals surface area contributed by atoms with E-state index in [0.717, 1.165) is 23.9 Å². The molecular weight excluding hydrogens is 446 g/mol. The van der Waals surface area contributed by atoms with Gasteiger partial charge in [0, 0.05) is 25.5 Å². The van der Waals surface area contributed by atoms with E-state index in [9.17, 15) is 8.42 Å². The fourth-order valence-corrected chi connectivity index (χ4v) is 3.51. The highest BCUT2D eigenvalue weighted by molar-refractivity contribution is 9.10. The van der Waals surface area contributed by atoms with Gasteiger partial charge in [0.2, 0.25) is 16.0 Å². The Morgan fingerprint density at radius 3 is 2.62 bits per heavy atom. The number of ether oxygens (including phenoxy) is 1. The van der Waals surface area contributed by atoms with Crippen molar-refractivity contribution in [1.29, 1.82) is 0 Å². The molecule has 1 aliphatic heterocycles. The van der Waals surface area contributed by atoms with Gasteiger partial charge in [-0.05, 0) is 53.0 Å². The third kappa shape index (κ3) is 4.83. The van der Waals surface area contributed by atoms with Gasteiger partial charge in [0.1, 0.15) is 12.0 Å². The molecule has 1 aromatic carbocycles. The van der Waals surface area contributed by atoms with Crippen molar-refractivity contribution in [3.8, 4) is 0 Å². The first-order chi connectivity index (χ1) is 11.8. The molecule has 1 atom stereocenters. The number of hydrogen-bond acceptors (Lipinski definition) is 7. The van der Waals surface area contributed by atoms with Crippen LogP contribution in [0.1, 0.15) is 12.8 Å². The number of primary sulfonamides is 1. The number of nitrogens with two attached hydrogens (primary N) is 1. The second kappa shape index (κ2) is 8.49. The topological polar surface area (TPSA) is 110 Å². The van der Waals surface area contributed by atoms with Crippen LogP contribution >= 0.6 is 28.3 Å². The number of nitrogens with one attached hydrogen (secondary N) is 1. The minimum Gasteiger partial charge on any atom is -0.358 e. The summed E-state index contributed by atoms with van der Waals surface area (Å²) in [5, 5.41) is 8.14. The Hall–Kier alpha value is -1.46. The number of benzene rings is 1. The fraction of sp³-hybridized carbons (Fsp3) is 0.333. The van der Waals surface area contributed by atoms with Crippen LogP contribution in [-0.4, -0.2) is 38.3 Å². The van der Waals surface area contributed by atoms with Gasteiger partial charge in [-0.25, -0.2) is 18.5 Å². The van der Waals surface area contributed by atoms with Gasteiger partial charge in [-0.2, -0.15) is 4.98 Å². The summed E-state index contributed by atoms with van der Waals surface area (Å²) in [6, 6.07) is 6.06. The summed E-state index contributed by atoms with van der Waals surface area (Å²) in [6.45, 7) is 0.749. The van der Waals surface area contributed by atoms with Crippen LogP contribution in [0.3, 0.4) is 0 Å². The van der Waals surface area contributed by atoms with Crippen LogP contribution in [0.2, 0.25) is 0 Å². The number of hydrogen-bond donors (Lipinski definition) is 2. The van der Waals surface area contributed by atoms with Crippen molar-refractivity contribution >= 4 is 55.8 Å². The van der Waals surface area contributed by atoms with E-state index in [-0.39, 0.29) is 23.5 Å². The summed E-state index contributed by atoms with van der Waals surface area (Å²) in [5.41, 5.74) is 0.653. The molecule has 3 rings (SSSR count). The smallest absolute Gasteiger partial charge is 0.238 e. The van der Waals surface area contributed by atoms with E-state index >= 15 is 0 Å². The van der Waals surface area contributed by atoms with Crippen molar-refractivity contribution in [2.24, 2.45) is 5.14 Å². The van der Waals surface area contributed by atoms with Gasteiger partial charge >= 0.3 is 0 Å². The Kier molecular flexibility index (Phi) is 6.80. The van der Waals surface area contributed by atoms with Crippen molar-refractivity contribution in [3.63, 3.8) is 0 Å². The zero-order chi connectivity index (χ0) is 18.0. The quantitative estimate of drug-likeness (QED) is 0.700. The average Bonchev–Trinajstić information content (AvgIpc) is 3.10. The number of halogens is 2. The molecule has 0 bridgehead atoms. The molecule has 0 spiro atoms. The maximum atomic E-state index is 11.3. The van der Waals surface area contributed by atoms with Gasteiger partial charge in [0.15, 0.2) is 0 Å². The lowest BCUT2D eigenvalue weighted by molar-refractivity contribution is 0.111. The van der Waals surface area contributed by atoms with Gasteiger partial charge in [-0.3, -0.25) is 0 Å². The van der Waals surface area contributed by atoms with Crippen LogP contribution < -0.4 is 15.4 Å². The average molecular weight is 465 g/mol. The minimum atomic E-state index is -3.71. The summed E-state index contributed by atoms with van der Waals surface area (Å²) in [5.74, 6) is 1.11. The largest absolute Gasteiger partial charge is 0.358 e. The molecule has 2 aromatic rings. The van der Waals surface area contributed by atoms with Crippen LogP contribution in [0.4, 0.5) is 17.5 Å². The minimum absolute atomic E-state index is 0. The van der Waals surface area contributed by atoms with E-state index in [4.69, 9.17) is 9.88 Å². The van der Waals surface area contributed by atoms with E-state index < -0.39 is 10.0 Å². The third-order valence-corrected chi connectivity index (χ3v) is 5.32. The van der Waals surface area contributed by atoms with Gasteiger partial charge in [-0.15, -0.1) is 12.4 Å². The highest BCUT2D eigenvalue weighted by atomic mass is 79.9. The maximum Gasteiger partial charge on any atom is 0.238 e. The first-order valence-electron chi connectivity index (χ1n) is 7.61. The number of anilines is 3. The monoisotopic (exact) mass is 463 g/mol. The SMILES string of the molecule is CN(c1nc(Nc2ccc(S(N)(=O)=O)cc2)ncc1Br)C1CCCO1.Cl. The zero-order valence-electron chi connectivity index (χ0n) is 13.9. The number of aromatic nitrogens is 2. The zero-order valence-corrected chi connectivity index (χ0v) is 17.1. The second-order valence-electron chi connectivity index (χ2n) is 5.64. The Balaban J connectivity index is 0.00000243. The van der Waals surface area contributed by atoms with Crippen LogP contribution in [0.25, 0.3) is 0 Å². The van der Waals surface area contributed by atoms with Crippen molar-refractivity contribution in [2.45, 2.75) is 24.0 Å². The Morgan fingerprint density at radius 2 is 2.04 bits per heavy atom. The molecule has 0 saturated carbocycles. The van der Waals surface area contributed by atoms with Gasteiger partial charge < -0.3 is 15.0 Å². The van der Waals surface area contributed by atoms with E-state index in [1.54, 1.807) is 18.3 Å². The van der Waals surface area contributed by atoms with Crippen molar-refractivity contribution < 1.29 is 13.2 Å². The molecule has 142 valence electrons. The Morgan fingerprint density at radius 1 is 1.35 bits per heavy atom. The summed E-state index contributed by atoms with van der Waals surface area (Å²) >= 11 is 3.46. The molecule has 0 amide bonds. The fourth-order valence-electron chi connectivity index (χ4n) is 2.53. The summed E-state index contributed by atoms with van der Waals surface area (Å²) in [4.78, 5) is 10.8. The lowest BCUT2D eigenvalue weighted by atomic mass is 10.3. The third-order valence-electron chi connectivity index (χ3n) is 3.84. The summed E-state index contributed by atoms with van der Waals surface area (Å²) < 4.78 is 29.0. The second-order valence-corrected chi connectivity index (χ2v) is 8.05. The lowest BCUT2D eigenvalue weighted by Gasteiger charge is -2.25. The van der Waals surface area contributed by atoms with Crippen molar-refractivity contribution in [3.05, 3.63) is 34.9 Å². The molecule has 26 heavy (non-hydrogen) atoms. The lowest BCUT2D eigenvalue weighted by Crippen LogP contribution is -2.31. The standard InChI is InChI=1S/C15H18BrN5O3S.ClH/c1-21(13-3-2-8-24-13)14-12(16)9-18-15(20-14)19-10-4-6-11(7-5-10)25(17,22)23;/h4-7,9,13H,2-3,8H2,1H3,(H2,17,22,23)(H,18,19,20);1H. The highest BCUT2D eigenvalue weighted by Crippen LogP contribution is 2.28. The molecule has 0 radical (unpaired) electrons. The highest BCUT2D eigenvalue weighted by Gasteiger charge is 2.23. The molecule has 11 heteroatoms. The van der Waals surface area contributed by atoms with Gasteiger partial charge in [-0.1, -0.05) is 0 Å². The number of nitrogens with zero attached hydrogens (tertiary/aromatic N) is 3. The molecule has 1 saturated heterocycles. The number of rotatable bonds is 5. The normalized spacial score (nSPS) is 16.8. The van der Waals surface area contributed by atoms with Crippen LogP contribution in [0, 0.1) is 0 Å². The molecule has 3 N–H and O–H groups in total. The van der Waals surface area contributed by atoms with Crippen LogP contribution in [-0.2, 0) is 14.8 Å². The van der Waals surface area contributed by atoms with E-state index in [0.29, 0.717) is 17.5 Å². The molecule has 2 heterocycles. The molecule has 1 aliphatic rings. The van der Waals surface area contributed by atoms with E-state index in [1.807, 2.05) is 11.9 Å². The Labute approximate surface area is 166 Å². The van der Waals surface area contributed by atoms with E-state index in [1.165, 1.54) is 12.1 Å². The van der Waals surface area contributed by atoms with Crippen molar-refractivity contribution in [1.82, 2.24) is 9.97 Å². The predicted molar refractivity (Wildman–Crippen MR) is 105 cm³/mol. The van der Waals surface area contributed by atoms with Crippen LogP contribution in [0.15, 0.2) is 39.8 Å². The first kappa shape index (κ1) is 20.8. The molecular formula is C15H19BrClN5O3S. The van der Waals surface area contributed by atoms with Crippen LogP contribution in [0.5, 0.6) is 0 Å². The van der Waals surface area contributed by atoms with Gasteiger partial charge in [0.25, 0.3) is 0 Å². The predicted octanol–water partition coefficient (Wildman–Crippen LogP) is 2.62.